The average molecular weight is 570 g/mol. The van der Waals surface area contributed by atoms with Crippen LogP contribution in [0.3, 0.4) is 0 Å². The molecule has 8 heteroatoms. The molecule has 2 aromatic rings. The van der Waals surface area contributed by atoms with Crippen molar-refractivity contribution < 1.29 is 14.3 Å². The van der Waals surface area contributed by atoms with Gasteiger partial charge in [-0.25, -0.2) is 0 Å². The molecule has 3 rings (SSSR count). The minimum atomic E-state index is -0.668. The van der Waals surface area contributed by atoms with E-state index in [0.717, 1.165) is 42.1 Å². The SMILES string of the molecule is CCc1ccc(OCC(=O)N(Cc2ccc(Cl)c(Cl)c2)[C@@H](C)C(=O)NC2CCCCC2)c(Br)c1. The maximum atomic E-state index is 13.3. The Balaban J connectivity index is 1.74. The lowest BCUT2D eigenvalue weighted by atomic mass is 9.95. The first-order valence-corrected chi connectivity index (χ1v) is 13.3. The molecule has 0 radical (unpaired) electrons. The molecule has 1 aliphatic rings. The van der Waals surface area contributed by atoms with E-state index in [9.17, 15) is 9.59 Å². The van der Waals surface area contributed by atoms with Gasteiger partial charge in [-0.05, 0) is 77.5 Å². The lowest BCUT2D eigenvalue weighted by Gasteiger charge is -2.31. The minimum Gasteiger partial charge on any atom is -0.483 e. The number of nitrogens with zero attached hydrogens (tertiary/aromatic N) is 1. The van der Waals surface area contributed by atoms with Crippen LogP contribution in [0.2, 0.25) is 10.0 Å². The number of carbonyl (C=O) groups excluding carboxylic acids is 2. The molecule has 0 saturated heterocycles. The van der Waals surface area contributed by atoms with Gasteiger partial charge in [0, 0.05) is 12.6 Å². The Labute approximate surface area is 220 Å². The number of ether oxygens (including phenoxy) is 1. The van der Waals surface area contributed by atoms with Crippen molar-refractivity contribution in [3.05, 3.63) is 62.0 Å². The molecule has 0 heterocycles. The predicted octanol–water partition coefficient (Wildman–Crippen LogP) is 6.56. The van der Waals surface area contributed by atoms with Crippen LogP contribution >= 0.6 is 39.1 Å². The van der Waals surface area contributed by atoms with Gasteiger partial charge in [0.1, 0.15) is 11.8 Å². The lowest BCUT2D eigenvalue weighted by Crippen LogP contribution is -2.51. The Morgan fingerprint density at radius 1 is 1.09 bits per heavy atom. The van der Waals surface area contributed by atoms with E-state index in [-0.39, 0.29) is 31.0 Å². The molecule has 0 unspecified atom stereocenters. The van der Waals surface area contributed by atoms with Crippen molar-refractivity contribution in [3.8, 4) is 5.75 Å². The van der Waals surface area contributed by atoms with Crippen molar-refractivity contribution in [2.24, 2.45) is 0 Å². The number of nitrogens with one attached hydrogen (secondary N) is 1. The molecular formula is C26H31BrCl2N2O3. The van der Waals surface area contributed by atoms with E-state index >= 15 is 0 Å². The zero-order valence-corrected chi connectivity index (χ0v) is 22.7. The zero-order chi connectivity index (χ0) is 24.7. The normalized spacial score (nSPS) is 15.0. The summed E-state index contributed by atoms with van der Waals surface area (Å²) in [6, 6.07) is 10.5. The maximum absolute atomic E-state index is 13.3. The summed E-state index contributed by atoms with van der Waals surface area (Å²) in [5.41, 5.74) is 1.95. The van der Waals surface area contributed by atoms with Gasteiger partial charge in [0.05, 0.1) is 14.5 Å². The fraction of sp³-hybridized carbons (Fsp3) is 0.462. The maximum Gasteiger partial charge on any atom is 0.261 e. The van der Waals surface area contributed by atoms with E-state index in [1.54, 1.807) is 25.1 Å². The molecule has 0 bridgehead atoms. The Bertz CT molecular complexity index is 1010. The van der Waals surface area contributed by atoms with Gasteiger partial charge in [-0.15, -0.1) is 0 Å². The monoisotopic (exact) mass is 568 g/mol. The van der Waals surface area contributed by atoms with Gasteiger partial charge in [-0.1, -0.05) is 61.5 Å². The smallest absolute Gasteiger partial charge is 0.261 e. The fourth-order valence-corrected chi connectivity index (χ4v) is 4.95. The van der Waals surface area contributed by atoms with Crippen LogP contribution in [0.1, 0.15) is 57.1 Å². The summed E-state index contributed by atoms with van der Waals surface area (Å²) in [6.45, 7) is 3.85. The van der Waals surface area contributed by atoms with Gasteiger partial charge in [-0.3, -0.25) is 9.59 Å². The summed E-state index contributed by atoms with van der Waals surface area (Å²) in [7, 11) is 0. The summed E-state index contributed by atoms with van der Waals surface area (Å²) in [6.07, 6.45) is 6.29. The first-order chi connectivity index (χ1) is 16.3. The molecule has 5 nitrogen and oxygen atoms in total. The minimum absolute atomic E-state index is 0.159. The summed E-state index contributed by atoms with van der Waals surface area (Å²) in [5.74, 6) is 0.136. The third-order valence-electron chi connectivity index (χ3n) is 6.21. The quantitative estimate of drug-likeness (QED) is 0.372. The van der Waals surface area contributed by atoms with Crippen LogP contribution in [-0.4, -0.2) is 35.4 Å². The number of hydrogen-bond acceptors (Lipinski definition) is 3. The van der Waals surface area contributed by atoms with E-state index in [4.69, 9.17) is 27.9 Å². The second kappa shape index (κ2) is 12.8. The average Bonchev–Trinajstić information content (AvgIpc) is 2.83. The van der Waals surface area contributed by atoms with Crippen molar-refractivity contribution >= 4 is 50.9 Å². The topological polar surface area (TPSA) is 58.6 Å². The van der Waals surface area contributed by atoms with Gasteiger partial charge in [0.25, 0.3) is 5.91 Å². The third kappa shape index (κ3) is 7.37. The van der Waals surface area contributed by atoms with Crippen molar-refractivity contribution in [2.75, 3.05) is 6.61 Å². The van der Waals surface area contributed by atoms with Crippen LogP contribution in [0.15, 0.2) is 40.9 Å². The molecule has 0 aliphatic heterocycles. The Kier molecular flexibility index (Phi) is 10.1. The molecule has 1 aliphatic carbocycles. The zero-order valence-electron chi connectivity index (χ0n) is 19.6. The molecule has 1 atom stereocenters. The largest absolute Gasteiger partial charge is 0.483 e. The van der Waals surface area contributed by atoms with E-state index in [1.165, 1.54) is 16.9 Å². The highest BCUT2D eigenvalue weighted by Crippen LogP contribution is 2.27. The number of amides is 2. The molecule has 34 heavy (non-hydrogen) atoms. The molecule has 1 saturated carbocycles. The van der Waals surface area contributed by atoms with Gasteiger partial charge >= 0.3 is 0 Å². The van der Waals surface area contributed by atoms with Gasteiger partial charge in [0.2, 0.25) is 5.91 Å². The number of hydrogen-bond donors (Lipinski definition) is 1. The molecule has 1 fully saturated rings. The number of rotatable bonds is 9. The van der Waals surface area contributed by atoms with E-state index in [2.05, 4.69) is 28.2 Å². The number of benzene rings is 2. The van der Waals surface area contributed by atoms with Gasteiger partial charge in [-0.2, -0.15) is 0 Å². The summed E-state index contributed by atoms with van der Waals surface area (Å²) >= 11 is 15.8. The van der Waals surface area contributed by atoms with Gasteiger partial charge in [0.15, 0.2) is 6.61 Å². The predicted molar refractivity (Wildman–Crippen MR) is 141 cm³/mol. The van der Waals surface area contributed by atoms with E-state index in [0.29, 0.717) is 15.8 Å². The number of carbonyl (C=O) groups is 2. The first kappa shape index (κ1) is 26.8. The van der Waals surface area contributed by atoms with Crippen LogP contribution < -0.4 is 10.1 Å². The third-order valence-corrected chi connectivity index (χ3v) is 7.57. The van der Waals surface area contributed by atoms with Crippen LogP contribution in [0.5, 0.6) is 5.75 Å². The van der Waals surface area contributed by atoms with Crippen LogP contribution in [0, 0.1) is 0 Å². The fourth-order valence-electron chi connectivity index (χ4n) is 4.09. The Hall–Kier alpha value is -1.76. The second-order valence-corrected chi connectivity index (χ2v) is 10.4. The van der Waals surface area contributed by atoms with Crippen LogP contribution in [0.25, 0.3) is 0 Å². The molecule has 0 aromatic heterocycles. The summed E-state index contributed by atoms with van der Waals surface area (Å²) in [5, 5.41) is 3.97. The van der Waals surface area contributed by atoms with E-state index < -0.39 is 6.04 Å². The molecule has 1 N–H and O–H groups in total. The highest BCUT2D eigenvalue weighted by molar-refractivity contribution is 9.10. The van der Waals surface area contributed by atoms with Gasteiger partial charge < -0.3 is 15.0 Å². The van der Waals surface area contributed by atoms with Crippen LogP contribution in [-0.2, 0) is 22.6 Å². The molecular weight excluding hydrogens is 539 g/mol. The molecule has 2 aromatic carbocycles. The Morgan fingerprint density at radius 2 is 1.79 bits per heavy atom. The molecule has 184 valence electrons. The summed E-state index contributed by atoms with van der Waals surface area (Å²) < 4.78 is 6.61. The highest BCUT2D eigenvalue weighted by Gasteiger charge is 2.28. The Morgan fingerprint density at radius 3 is 2.44 bits per heavy atom. The first-order valence-electron chi connectivity index (χ1n) is 11.7. The molecule has 2 amide bonds. The summed E-state index contributed by atoms with van der Waals surface area (Å²) in [4.78, 5) is 27.9. The van der Waals surface area contributed by atoms with Crippen LogP contribution in [0.4, 0.5) is 0 Å². The number of aryl methyl sites for hydroxylation is 1. The number of halogens is 3. The highest BCUT2D eigenvalue weighted by atomic mass is 79.9. The van der Waals surface area contributed by atoms with Crippen molar-refractivity contribution in [3.63, 3.8) is 0 Å². The van der Waals surface area contributed by atoms with E-state index in [1.807, 2.05) is 18.2 Å². The molecule has 0 spiro atoms. The van der Waals surface area contributed by atoms with Crippen molar-refractivity contribution in [2.45, 2.75) is 71.0 Å². The second-order valence-electron chi connectivity index (χ2n) is 8.70. The van der Waals surface area contributed by atoms with Crippen molar-refractivity contribution in [1.29, 1.82) is 0 Å². The lowest BCUT2D eigenvalue weighted by molar-refractivity contribution is -0.142. The standard InChI is InChI=1S/C26H31BrCl2N2O3/c1-3-18-10-12-24(21(27)13-18)34-16-25(32)31(15-19-9-11-22(28)23(29)14-19)17(2)26(33)30-20-7-5-4-6-8-20/h9-14,17,20H,3-8,15-16H2,1-2H3,(H,30,33)/t17-/m0/s1. The van der Waals surface area contributed by atoms with Crippen molar-refractivity contribution in [1.82, 2.24) is 10.2 Å².